The van der Waals surface area contributed by atoms with Gasteiger partial charge in [-0.3, -0.25) is 0 Å². The van der Waals surface area contributed by atoms with Crippen LogP contribution in [0, 0.1) is 9.39 Å². The average molecular weight is 371 g/mol. The molecule has 0 unspecified atom stereocenters. The Labute approximate surface area is 101 Å². The van der Waals surface area contributed by atoms with Crippen molar-refractivity contribution >= 4 is 59.9 Å². The van der Waals surface area contributed by atoms with E-state index in [1.165, 1.54) is 16.9 Å². The molecule has 0 spiro atoms. The Morgan fingerprint density at radius 2 is 2.31 bits per heavy atom. The zero-order chi connectivity index (χ0) is 9.42. The Hall–Kier alpha value is 0.320. The quantitative estimate of drug-likeness (QED) is 0.510. The van der Waals surface area contributed by atoms with Crippen LogP contribution in [0.3, 0.4) is 0 Å². The Morgan fingerprint density at radius 1 is 1.54 bits per heavy atom. The second-order valence-corrected chi connectivity index (χ2v) is 5.25. The van der Waals surface area contributed by atoms with E-state index in [9.17, 15) is 4.39 Å². The number of hydrogen-bond donors (Lipinski definition) is 0. The molecule has 0 saturated carbocycles. The molecular formula is C9H5BrFIS. The summed E-state index contributed by atoms with van der Waals surface area (Å²) in [6, 6.07) is 3.57. The number of halogens is 3. The van der Waals surface area contributed by atoms with E-state index in [1.54, 1.807) is 6.07 Å². The monoisotopic (exact) mass is 370 g/mol. The van der Waals surface area contributed by atoms with Gasteiger partial charge in [-0.15, -0.1) is 11.3 Å². The Balaban J connectivity index is 2.88. The van der Waals surface area contributed by atoms with Crippen molar-refractivity contribution in [2.24, 2.45) is 0 Å². The predicted octanol–water partition coefficient (Wildman–Crippen LogP) is 4.54. The minimum Gasteiger partial charge on any atom is -0.205 e. The van der Waals surface area contributed by atoms with Gasteiger partial charge in [-0.05, 0) is 45.7 Å². The van der Waals surface area contributed by atoms with E-state index in [0.29, 0.717) is 0 Å². The van der Waals surface area contributed by atoms with Gasteiger partial charge in [-0.1, -0.05) is 15.9 Å². The molecule has 0 bridgehead atoms. The SMILES string of the molecule is Fc1cc(I)c(CBr)c2ccsc12. The largest absolute Gasteiger partial charge is 0.205 e. The molecular weight excluding hydrogens is 366 g/mol. The van der Waals surface area contributed by atoms with E-state index >= 15 is 0 Å². The lowest BCUT2D eigenvalue weighted by atomic mass is 10.1. The molecule has 2 rings (SSSR count). The normalized spacial score (nSPS) is 11.0. The molecule has 0 saturated heterocycles. The first kappa shape index (κ1) is 9.86. The first-order valence-corrected chi connectivity index (χ1v) is 6.72. The van der Waals surface area contributed by atoms with Crippen molar-refractivity contribution in [1.29, 1.82) is 0 Å². The van der Waals surface area contributed by atoms with E-state index in [4.69, 9.17) is 0 Å². The van der Waals surface area contributed by atoms with E-state index in [-0.39, 0.29) is 5.82 Å². The van der Waals surface area contributed by atoms with Crippen LogP contribution < -0.4 is 0 Å². The van der Waals surface area contributed by atoms with Crippen LogP contribution >= 0.6 is 49.9 Å². The fourth-order valence-corrected chi connectivity index (χ4v) is 3.97. The fraction of sp³-hybridized carbons (Fsp3) is 0.111. The van der Waals surface area contributed by atoms with E-state index in [2.05, 4.69) is 38.5 Å². The molecule has 0 N–H and O–H groups in total. The number of hydrogen-bond acceptors (Lipinski definition) is 1. The summed E-state index contributed by atoms with van der Waals surface area (Å²) in [6.07, 6.45) is 0. The summed E-state index contributed by atoms with van der Waals surface area (Å²) in [7, 11) is 0. The molecule has 4 heteroatoms. The van der Waals surface area contributed by atoms with E-state index in [0.717, 1.165) is 19.0 Å². The molecule has 0 radical (unpaired) electrons. The minimum atomic E-state index is -0.112. The van der Waals surface area contributed by atoms with Crippen LogP contribution in [-0.2, 0) is 5.33 Å². The second-order valence-electron chi connectivity index (χ2n) is 2.62. The molecule has 2 aromatic rings. The molecule has 0 fully saturated rings. The van der Waals surface area contributed by atoms with Crippen LogP contribution in [-0.4, -0.2) is 0 Å². The Kier molecular flexibility index (Phi) is 2.90. The van der Waals surface area contributed by atoms with Crippen LogP contribution in [0.5, 0.6) is 0 Å². The first-order valence-electron chi connectivity index (χ1n) is 3.64. The molecule has 0 amide bonds. The Morgan fingerprint density at radius 3 is 3.00 bits per heavy atom. The van der Waals surface area contributed by atoms with Gasteiger partial charge in [0.25, 0.3) is 0 Å². The predicted molar refractivity (Wildman–Crippen MR) is 67.1 cm³/mol. The van der Waals surface area contributed by atoms with Gasteiger partial charge in [-0.25, -0.2) is 4.39 Å². The summed E-state index contributed by atoms with van der Waals surface area (Å²) < 4.78 is 15.1. The van der Waals surface area contributed by atoms with Gasteiger partial charge in [0.05, 0.1) is 4.70 Å². The van der Waals surface area contributed by atoms with Crippen LogP contribution in [0.25, 0.3) is 10.1 Å². The maximum atomic E-state index is 13.4. The van der Waals surface area contributed by atoms with Gasteiger partial charge in [0.2, 0.25) is 0 Å². The zero-order valence-corrected chi connectivity index (χ0v) is 11.0. The summed E-state index contributed by atoms with van der Waals surface area (Å²) in [5, 5.41) is 3.74. The van der Waals surface area contributed by atoms with E-state index < -0.39 is 0 Å². The third-order valence-corrected chi connectivity index (χ3v) is 4.33. The first-order chi connectivity index (χ1) is 6.24. The molecule has 68 valence electrons. The van der Waals surface area contributed by atoms with Crippen molar-refractivity contribution in [3.05, 3.63) is 32.5 Å². The molecule has 1 aromatic carbocycles. The third-order valence-electron chi connectivity index (χ3n) is 1.88. The van der Waals surface area contributed by atoms with Crippen LogP contribution in [0.1, 0.15) is 5.56 Å². The van der Waals surface area contributed by atoms with Gasteiger partial charge in [-0.2, -0.15) is 0 Å². The topological polar surface area (TPSA) is 0 Å². The standard InChI is InChI=1S/C9H5BrFIS/c10-4-6-5-1-2-13-9(5)7(11)3-8(6)12/h1-3H,4H2. The summed E-state index contributed by atoms with van der Waals surface area (Å²) in [5.74, 6) is -0.112. The van der Waals surface area contributed by atoms with Gasteiger partial charge in [0.1, 0.15) is 5.82 Å². The highest BCUT2D eigenvalue weighted by atomic mass is 127. The minimum absolute atomic E-state index is 0.112. The maximum absolute atomic E-state index is 13.4. The molecule has 0 aliphatic heterocycles. The van der Waals surface area contributed by atoms with Crippen LogP contribution in [0.2, 0.25) is 0 Å². The highest BCUT2D eigenvalue weighted by Gasteiger charge is 2.10. The fourth-order valence-electron chi connectivity index (χ4n) is 1.26. The highest BCUT2D eigenvalue weighted by Crippen LogP contribution is 2.31. The second kappa shape index (κ2) is 3.82. The van der Waals surface area contributed by atoms with E-state index in [1.807, 2.05) is 11.4 Å². The average Bonchev–Trinajstić information content (AvgIpc) is 2.53. The van der Waals surface area contributed by atoms with Crippen molar-refractivity contribution in [3.8, 4) is 0 Å². The van der Waals surface area contributed by atoms with Crippen molar-refractivity contribution in [2.45, 2.75) is 5.33 Å². The molecule has 0 aliphatic carbocycles. The lowest BCUT2D eigenvalue weighted by Gasteiger charge is -2.03. The number of thiophene rings is 1. The van der Waals surface area contributed by atoms with Crippen LogP contribution in [0.15, 0.2) is 17.5 Å². The Bertz CT molecular complexity index is 452. The van der Waals surface area contributed by atoms with Crippen molar-refractivity contribution in [1.82, 2.24) is 0 Å². The van der Waals surface area contributed by atoms with Crippen molar-refractivity contribution < 1.29 is 4.39 Å². The smallest absolute Gasteiger partial charge is 0.142 e. The summed E-state index contributed by atoms with van der Waals surface area (Å²) in [5.41, 5.74) is 1.18. The number of rotatable bonds is 1. The molecule has 1 heterocycles. The summed E-state index contributed by atoms with van der Waals surface area (Å²) in [6.45, 7) is 0. The zero-order valence-electron chi connectivity index (χ0n) is 6.48. The summed E-state index contributed by atoms with van der Waals surface area (Å²) >= 11 is 7.04. The molecule has 13 heavy (non-hydrogen) atoms. The van der Waals surface area contributed by atoms with Gasteiger partial charge < -0.3 is 0 Å². The van der Waals surface area contributed by atoms with Crippen LogP contribution in [0.4, 0.5) is 4.39 Å². The van der Waals surface area contributed by atoms with Gasteiger partial charge >= 0.3 is 0 Å². The van der Waals surface area contributed by atoms with Gasteiger partial charge in [0.15, 0.2) is 0 Å². The van der Waals surface area contributed by atoms with Crippen molar-refractivity contribution in [2.75, 3.05) is 0 Å². The lowest BCUT2D eigenvalue weighted by molar-refractivity contribution is 0.640. The number of alkyl halides is 1. The summed E-state index contributed by atoms with van der Waals surface area (Å²) in [4.78, 5) is 0. The highest BCUT2D eigenvalue weighted by molar-refractivity contribution is 14.1. The van der Waals surface area contributed by atoms with Crippen molar-refractivity contribution in [3.63, 3.8) is 0 Å². The maximum Gasteiger partial charge on any atom is 0.142 e. The number of fused-ring (bicyclic) bond motifs is 1. The molecule has 0 aliphatic rings. The molecule has 1 aromatic heterocycles. The molecule has 0 nitrogen and oxygen atoms in total. The third kappa shape index (κ3) is 1.64. The number of benzene rings is 1. The lowest BCUT2D eigenvalue weighted by Crippen LogP contribution is -1.87. The molecule has 0 atom stereocenters. The van der Waals surface area contributed by atoms with Gasteiger partial charge in [0, 0.05) is 14.3 Å².